The minimum absolute atomic E-state index is 0.218. The van der Waals surface area contributed by atoms with Crippen molar-refractivity contribution in [3.8, 4) is 0 Å². The number of hydrogen-bond donors (Lipinski definition) is 3. The largest absolute Gasteiger partial charge is 0.368 e. The Balaban J connectivity index is 1.68. The number of nitrogens with zero attached hydrogens (tertiary/aromatic N) is 4. The highest BCUT2D eigenvalue weighted by atomic mass is 15.7. The van der Waals surface area contributed by atoms with Crippen molar-refractivity contribution in [2.75, 3.05) is 9.91 Å². The van der Waals surface area contributed by atoms with Gasteiger partial charge in [-0.3, -0.25) is 4.90 Å². The van der Waals surface area contributed by atoms with Gasteiger partial charge in [0.1, 0.15) is 0 Å². The third kappa shape index (κ3) is 5.48. The van der Waals surface area contributed by atoms with Crippen LogP contribution in [0.2, 0.25) is 0 Å². The molecular weight excluding hydrogens is 410 g/mol. The first kappa shape index (κ1) is 21.5. The summed E-state index contributed by atoms with van der Waals surface area (Å²) in [6.45, 7) is 0. The van der Waals surface area contributed by atoms with Crippen molar-refractivity contribution in [3.63, 3.8) is 0 Å². The molecule has 0 aromatic heterocycles. The first-order valence-corrected chi connectivity index (χ1v) is 10.5. The molecule has 7 nitrogen and oxygen atoms in total. The maximum Gasteiger partial charge on any atom is 0.224 e. The molecule has 4 rings (SSSR count). The summed E-state index contributed by atoms with van der Waals surface area (Å²) >= 11 is 0. The number of guanidine groups is 2. The Kier molecular flexibility index (Phi) is 6.82. The molecular formula is C26H25N7. The Labute approximate surface area is 193 Å². The van der Waals surface area contributed by atoms with Gasteiger partial charge in [0.05, 0.1) is 11.4 Å². The van der Waals surface area contributed by atoms with Gasteiger partial charge in [0, 0.05) is 11.4 Å². The van der Waals surface area contributed by atoms with E-state index in [2.05, 4.69) is 15.6 Å². The predicted molar refractivity (Wildman–Crippen MR) is 136 cm³/mol. The van der Waals surface area contributed by atoms with Crippen LogP contribution in [0.5, 0.6) is 0 Å². The first-order valence-electron chi connectivity index (χ1n) is 10.5. The summed E-state index contributed by atoms with van der Waals surface area (Å²) in [7, 11) is 0. The van der Waals surface area contributed by atoms with Crippen molar-refractivity contribution in [1.29, 1.82) is 0 Å². The molecule has 0 aliphatic heterocycles. The van der Waals surface area contributed by atoms with E-state index in [0.717, 1.165) is 22.7 Å². The fourth-order valence-corrected chi connectivity index (χ4v) is 3.22. The number of nitrogens with two attached hydrogens (primary N) is 2. The molecule has 0 bridgehead atoms. The second kappa shape index (κ2) is 10.5. The predicted octanol–water partition coefficient (Wildman–Crippen LogP) is 4.71. The Hall–Kier alpha value is -4.78. The van der Waals surface area contributed by atoms with Gasteiger partial charge < -0.3 is 11.5 Å². The van der Waals surface area contributed by atoms with Gasteiger partial charge in [-0.05, 0) is 48.5 Å². The number of anilines is 3. The van der Waals surface area contributed by atoms with Crippen LogP contribution in [0, 0.1) is 0 Å². The lowest BCUT2D eigenvalue weighted by atomic mass is 10.2. The van der Waals surface area contributed by atoms with Crippen LogP contribution in [0.15, 0.2) is 131 Å². The van der Waals surface area contributed by atoms with Gasteiger partial charge in [0.2, 0.25) is 11.9 Å². The molecule has 5 N–H and O–H groups in total. The van der Waals surface area contributed by atoms with E-state index in [0.29, 0.717) is 0 Å². The zero-order chi connectivity index (χ0) is 22.9. The van der Waals surface area contributed by atoms with Crippen LogP contribution in [0.3, 0.4) is 0 Å². The second-order valence-corrected chi connectivity index (χ2v) is 7.05. The van der Waals surface area contributed by atoms with Crippen molar-refractivity contribution in [2.24, 2.45) is 21.6 Å². The number of nitrogens with one attached hydrogen (secondary N) is 1. The third-order valence-corrected chi connectivity index (χ3v) is 4.77. The summed E-state index contributed by atoms with van der Waals surface area (Å²) in [6, 6.07) is 38.6. The maximum absolute atomic E-state index is 6.47. The van der Waals surface area contributed by atoms with Gasteiger partial charge in [-0.1, -0.05) is 72.8 Å². The Bertz CT molecular complexity index is 1160. The lowest BCUT2D eigenvalue weighted by Gasteiger charge is -2.26. The van der Waals surface area contributed by atoms with Crippen LogP contribution in [-0.2, 0) is 0 Å². The zero-order valence-corrected chi connectivity index (χ0v) is 18.0. The number of hydrazine groups is 1. The first-order chi connectivity index (χ1) is 16.2. The lowest BCUT2D eigenvalue weighted by Crippen LogP contribution is -2.47. The molecule has 4 aromatic rings. The number of benzene rings is 4. The Morgan fingerprint density at radius 2 is 0.970 bits per heavy atom. The molecule has 0 amide bonds. The molecule has 0 spiro atoms. The molecule has 0 aliphatic carbocycles. The number of hydrogen-bond acceptors (Lipinski definition) is 3. The van der Waals surface area contributed by atoms with Gasteiger partial charge in [-0.2, -0.15) is 0 Å². The van der Waals surface area contributed by atoms with Crippen molar-refractivity contribution < 1.29 is 0 Å². The monoisotopic (exact) mass is 435 g/mol. The minimum Gasteiger partial charge on any atom is -0.368 e. The van der Waals surface area contributed by atoms with Gasteiger partial charge >= 0.3 is 0 Å². The molecule has 0 atom stereocenters. The SMILES string of the molecule is NC(=Nc1ccccc1)N(NN=C(N)N(c1ccccc1)c1ccccc1)c1ccccc1. The number of aliphatic imine (C=N–C) groups is 1. The molecule has 33 heavy (non-hydrogen) atoms. The fraction of sp³-hybridized carbons (Fsp3) is 0. The van der Waals surface area contributed by atoms with Gasteiger partial charge in [-0.25, -0.2) is 15.5 Å². The summed E-state index contributed by atoms with van der Waals surface area (Å²) in [5.74, 6) is 0.454. The van der Waals surface area contributed by atoms with Crippen LogP contribution >= 0.6 is 0 Å². The highest BCUT2D eigenvalue weighted by Gasteiger charge is 2.15. The number of para-hydroxylation sites is 4. The van der Waals surface area contributed by atoms with Crippen molar-refractivity contribution in [3.05, 3.63) is 121 Å². The van der Waals surface area contributed by atoms with E-state index in [4.69, 9.17) is 11.5 Å². The molecule has 0 unspecified atom stereocenters. The Morgan fingerprint density at radius 3 is 1.45 bits per heavy atom. The van der Waals surface area contributed by atoms with Crippen LogP contribution in [0.4, 0.5) is 22.7 Å². The topological polar surface area (TPSA) is 95.3 Å². The summed E-state index contributed by atoms with van der Waals surface area (Å²) in [4.78, 5) is 6.36. The second-order valence-electron chi connectivity index (χ2n) is 7.05. The van der Waals surface area contributed by atoms with E-state index >= 15 is 0 Å². The highest BCUT2D eigenvalue weighted by Crippen LogP contribution is 2.24. The van der Waals surface area contributed by atoms with Crippen LogP contribution in [0.25, 0.3) is 0 Å². The molecule has 7 heteroatoms. The van der Waals surface area contributed by atoms with Crippen molar-refractivity contribution in [2.45, 2.75) is 0 Å². The summed E-state index contributed by atoms with van der Waals surface area (Å²) in [5, 5.41) is 6.03. The molecule has 4 aromatic carbocycles. The fourth-order valence-electron chi connectivity index (χ4n) is 3.22. The number of rotatable bonds is 6. The van der Waals surface area contributed by atoms with Gasteiger partial charge in [0.25, 0.3) is 0 Å². The summed E-state index contributed by atoms with van der Waals surface area (Å²) in [5.41, 5.74) is 19.0. The highest BCUT2D eigenvalue weighted by molar-refractivity contribution is 6.02. The smallest absolute Gasteiger partial charge is 0.224 e. The molecule has 0 aliphatic rings. The lowest BCUT2D eigenvalue weighted by molar-refractivity contribution is 0.768. The molecule has 0 fully saturated rings. The average molecular weight is 436 g/mol. The maximum atomic E-state index is 6.47. The van der Waals surface area contributed by atoms with E-state index < -0.39 is 0 Å². The van der Waals surface area contributed by atoms with Crippen molar-refractivity contribution in [1.82, 2.24) is 5.53 Å². The minimum atomic E-state index is 0.218. The molecule has 0 saturated carbocycles. The normalized spacial score (nSPS) is 11.6. The van der Waals surface area contributed by atoms with Gasteiger partial charge in [-0.15, -0.1) is 5.10 Å². The van der Waals surface area contributed by atoms with Gasteiger partial charge in [0.15, 0.2) is 0 Å². The molecule has 164 valence electrons. The van der Waals surface area contributed by atoms with E-state index in [9.17, 15) is 0 Å². The van der Waals surface area contributed by atoms with E-state index in [1.54, 1.807) is 5.01 Å². The van der Waals surface area contributed by atoms with E-state index in [-0.39, 0.29) is 11.9 Å². The van der Waals surface area contributed by atoms with E-state index in [1.807, 2.05) is 126 Å². The quantitative estimate of drug-likeness (QED) is 0.232. The van der Waals surface area contributed by atoms with Crippen LogP contribution < -0.4 is 26.9 Å². The number of hydrazone groups is 1. The molecule has 0 heterocycles. The molecule has 0 radical (unpaired) electrons. The van der Waals surface area contributed by atoms with Crippen molar-refractivity contribution >= 4 is 34.7 Å². The third-order valence-electron chi connectivity index (χ3n) is 4.77. The summed E-state index contributed by atoms with van der Waals surface area (Å²) < 4.78 is 0. The van der Waals surface area contributed by atoms with Crippen LogP contribution in [-0.4, -0.2) is 11.9 Å². The molecule has 0 saturated heterocycles. The average Bonchev–Trinajstić information content (AvgIpc) is 2.87. The Morgan fingerprint density at radius 1 is 0.545 bits per heavy atom. The standard InChI is InChI=1S/C26H25N7/c27-25(29-21-13-5-1-6-14-21)33(24-19-11-4-12-20-24)31-30-26(28)32(22-15-7-2-8-16-22)23-17-9-3-10-18-23/h1-20,31H,(H2,27,29)(H2,28,30). The van der Waals surface area contributed by atoms with Crippen LogP contribution in [0.1, 0.15) is 0 Å². The van der Waals surface area contributed by atoms with E-state index in [1.165, 1.54) is 0 Å². The zero-order valence-electron chi connectivity index (χ0n) is 18.0. The summed E-state index contributed by atoms with van der Waals surface area (Å²) in [6.07, 6.45) is 0.